The van der Waals surface area contributed by atoms with Crippen LogP contribution < -0.4 is 10.2 Å². The standard InChI is InChI=1S/C40H50N4O15S4/c1-39(2)30-26-28(62(54,55)56)13-15-32(30)42(21-8-24-60(48,49)50)34(39)10-7-11-35-40(3,19-6-4-5-12-36(45)41-20-23-44-37(46)17-18-38(44)47)31-27-29(63(57,58)59)14-16-33(31)43(35)22-9-25-61(51,52)53/h7,10-11,13-18,26-27H,4-6,8-9,12,19-25H2,1-3H3,(H4-,41,45,48,49,50,51,52,53,54,55,56,57,58,59)/p+1. The SMILES string of the molecule is CC1(C)C(/C=C/C=C2/N(CCCS(=O)(=O)O)c3ccc(S(=O)(=O)O)cc3C2(C)CCCCCC(=O)NCCN2C(=O)C=CC2=O)=[N+](CCCS(=O)(=O)O)c2ccc(S(=O)(=O)O)cc21. The summed E-state index contributed by atoms with van der Waals surface area (Å²) in [7, 11) is -18.0. The minimum atomic E-state index is -4.67. The van der Waals surface area contributed by atoms with Gasteiger partial charge in [-0.1, -0.05) is 18.9 Å². The highest BCUT2D eigenvalue weighted by Crippen LogP contribution is 2.51. The van der Waals surface area contributed by atoms with E-state index in [1.165, 1.54) is 36.4 Å². The van der Waals surface area contributed by atoms with Crippen molar-refractivity contribution >= 4 is 75.3 Å². The van der Waals surface area contributed by atoms with Crippen LogP contribution in [0.2, 0.25) is 0 Å². The number of anilines is 1. The maximum absolute atomic E-state index is 12.6. The van der Waals surface area contributed by atoms with Crippen LogP contribution in [0.15, 0.2) is 82.3 Å². The van der Waals surface area contributed by atoms with Gasteiger partial charge in [-0.25, -0.2) is 0 Å². The van der Waals surface area contributed by atoms with Crippen LogP contribution >= 0.6 is 0 Å². The van der Waals surface area contributed by atoms with Crippen molar-refractivity contribution in [1.82, 2.24) is 10.2 Å². The summed E-state index contributed by atoms with van der Waals surface area (Å²) < 4.78 is 136. The van der Waals surface area contributed by atoms with Gasteiger partial charge in [0, 0.05) is 79.1 Å². The number of nitrogens with zero attached hydrogens (tertiary/aromatic N) is 3. The Morgan fingerprint density at radius 1 is 0.730 bits per heavy atom. The molecule has 0 aromatic heterocycles. The summed E-state index contributed by atoms with van der Waals surface area (Å²) in [4.78, 5) is 38.2. The molecular formula is C40H51N4O15S4+. The van der Waals surface area contributed by atoms with Gasteiger partial charge in [0.1, 0.15) is 6.54 Å². The van der Waals surface area contributed by atoms with Crippen LogP contribution in [0.4, 0.5) is 11.4 Å². The molecule has 19 nitrogen and oxygen atoms in total. The number of carbonyl (C=O) groups excluding carboxylic acids is 3. The molecule has 3 aliphatic rings. The van der Waals surface area contributed by atoms with Crippen LogP contribution in [0.25, 0.3) is 0 Å². The molecule has 3 aliphatic heterocycles. The fourth-order valence-corrected chi connectivity index (χ4v) is 10.3. The first-order valence-electron chi connectivity index (χ1n) is 19.9. The van der Waals surface area contributed by atoms with Crippen molar-refractivity contribution in [2.75, 3.05) is 42.6 Å². The zero-order valence-corrected chi connectivity index (χ0v) is 38.1. The highest BCUT2D eigenvalue weighted by atomic mass is 32.2. The normalized spacial score (nSPS) is 19.5. The summed E-state index contributed by atoms with van der Waals surface area (Å²) in [5.41, 5.74) is 1.26. The molecule has 3 amide bonds. The Bertz CT molecular complexity index is 2740. The van der Waals surface area contributed by atoms with Gasteiger partial charge in [0.25, 0.3) is 52.3 Å². The number of hydrogen-bond acceptors (Lipinski definition) is 12. The number of rotatable bonds is 21. The molecule has 5 rings (SSSR count). The first-order valence-corrected chi connectivity index (χ1v) is 26.0. The van der Waals surface area contributed by atoms with E-state index >= 15 is 0 Å². The fraction of sp³-hybridized carbons (Fsp3) is 0.450. The molecule has 344 valence electrons. The van der Waals surface area contributed by atoms with Gasteiger partial charge in [-0.2, -0.15) is 38.2 Å². The number of imide groups is 1. The Labute approximate surface area is 367 Å². The lowest BCUT2D eigenvalue weighted by Crippen LogP contribution is -2.38. The van der Waals surface area contributed by atoms with Gasteiger partial charge in [0.2, 0.25) is 11.6 Å². The number of benzene rings is 2. The zero-order valence-electron chi connectivity index (χ0n) is 34.8. The molecule has 0 bridgehead atoms. The molecule has 5 N–H and O–H groups in total. The Hall–Kier alpha value is -4.62. The highest BCUT2D eigenvalue weighted by molar-refractivity contribution is 7.86. The summed E-state index contributed by atoms with van der Waals surface area (Å²) in [5, 5.41) is 2.70. The van der Waals surface area contributed by atoms with Gasteiger partial charge in [-0.15, -0.1) is 0 Å². The number of nitrogens with one attached hydrogen (secondary N) is 1. The molecule has 1 unspecified atom stereocenters. The van der Waals surface area contributed by atoms with E-state index in [-0.39, 0.29) is 61.1 Å². The molecule has 0 aliphatic carbocycles. The average molecular weight is 956 g/mol. The summed E-state index contributed by atoms with van der Waals surface area (Å²) >= 11 is 0. The number of fused-ring (bicyclic) bond motifs is 2. The summed E-state index contributed by atoms with van der Waals surface area (Å²) in [5.74, 6) is -2.35. The molecule has 0 saturated heterocycles. The van der Waals surface area contributed by atoms with Gasteiger partial charge in [0.15, 0.2) is 5.71 Å². The van der Waals surface area contributed by atoms with Crippen LogP contribution in [0, 0.1) is 0 Å². The minimum absolute atomic E-state index is 0.0160. The second-order valence-corrected chi connectivity index (χ2v) is 22.2. The number of unbranched alkanes of at least 4 members (excludes halogenated alkanes) is 2. The predicted octanol–water partition coefficient (Wildman–Crippen LogP) is 3.32. The van der Waals surface area contributed by atoms with Gasteiger partial charge in [-0.05, 0) is 82.0 Å². The molecule has 0 saturated carbocycles. The van der Waals surface area contributed by atoms with Gasteiger partial charge < -0.3 is 10.2 Å². The largest absolute Gasteiger partial charge is 0.354 e. The van der Waals surface area contributed by atoms with Gasteiger partial charge >= 0.3 is 0 Å². The highest BCUT2D eigenvalue weighted by Gasteiger charge is 2.46. The van der Waals surface area contributed by atoms with Crippen molar-refractivity contribution in [3.63, 3.8) is 0 Å². The van der Waals surface area contributed by atoms with Crippen LogP contribution in [0.1, 0.15) is 76.8 Å². The molecule has 0 radical (unpaired) electrons. The fourth-order valence-electron chi connectivity index (χ4n) is 8.28. The van der Waals surface area contributed by atoms with E-state index < -0.39 is 74.6 Å². The average Bonchev–Trinajstić information content (AvgIpc) is 3.68. The number of allylic oxidation sites excluding steroid dienone is 4. The molecule has 1 atom stereocenters. The smallest absolute Gasteiger partial charge is 0.294 e. The second kappa shape index (κ2) is 18.8. The van der Waals surface area contributed by atoms with Crippen molar-refractivity contribution in [3.05, 3.63) is 83.6 Å². The molecule has 0 fully saturated rings. The molecular weight excluding hydrogens is 905 g/mol. The lowest BCUT2D eigenvalue weighted by atomic mass is 9.77. The van der Waals surface area contributed by atoms with Crippen molar-refractivity contribution in [3.8, 4) is 0 Å². The van der Waals surface area contributed by atoms with E-state index in [9.17, 15) is 66.3 Å². The van der Waals surface area contributed by atoms with Crippen molar-refractivity contribution in [1.29, 1.82) is 0 Å². The quantitative estimate of drug-likeness (QED) is 0.0519. The molecule has 2 aromatic rings. The molecule has 3 heterocycles. The number of amides is 3. The maximum atomic E-state index is 12.6. The first-order chi connectivity index (χ1) is 29.1. The minimum Gasteiger partial charge on any atom is -0.354 e. The first kappa shape index (κ1) is 49.4. The number of hydrogen-bond donors (Lipinski definition) is 5. The molecule has 63 heavy (non-hydrogen) atoms. The summed E-state index contributed by atoms with van der Waals surface area (Å²) in [6, 6.07) is 8.09. The third-order valence-electron chi connectivity index (χ3n) is 11.4. The van der Waals surface area contributed by atoms with E-state index in [4.69, 9.17) is 0 Å². The Balaban J connectivity index is 1.48. The zero-order chi connectivity index (χ0) is 46.8. The monoisotopic (exact) mass is 955 g/mol. The predicted molar refractivity (Wildman–Crippen MR) is 231 cm³/mol. The van der Waals surface area contributed by atoms with Crippen LogP contribution in [-0.2, 0) is 65.7 Å². The van der Waals surface area contributed by atoms with Crippen LogP contribution in [0.5, 0.6) is 0 Å². The van der Waals surface area contributed by atoms with Crippen molar-refractivity contribution in [2.24, 2.45) is 0 Å². The van der Waals surface area contributed by atoms with Crippen LogP contribution in [0.3, 0.4) is 0 Å². The van der Waals surface area contributed by atoms with Crippen molar-refractivity contribution < 1.29 is 70.8 Å². The Kier molecular flexibility index (Phi) is 14.8. The van der Waals surface area contributed by atoms with E-state index in [0.717, 1.165) is 17.1 Å². The maximum Gasteiger partial charge on any atom is 0.294 e. The van der Waals surface area contributed by atoms with Gasteiger partial charge in [0.05, 0.1) is 26.7 Å². The molecule has 2 aromatic carbocycles. The van der Waals surface area contributed by atoms with E-state index in [2.05, 4.69) is 5.32 Å². The molecule has 0 spiro atoms. The second-order valence-electron chi connectivity index (χ2n) is 16.2. The van der Waals surface area contributed by atoms with E-state index in [1.54, 1.807) is 41.6 Å². The van der Waals surface area contributed by atoms with Gasteiger partial charge in [-0.3, -0.25) is 37.5 Å². The Morgan fingerprint density at radius 3 is 1.92 bits per heavy atom. The van der Waals surface area contributed by atoms with E-state index in [1.807, 2.05) is 6.92 Å². The third kappa shape index (κ3) is 11.9. The van der Waals surface area contributed by atoms with Crippen LogP contribution in [-0.4, -0.2) is 122 Å². The lowest BCUT2D eigenvalue weighted by Gasteiger charge is -2.30. The number of carbonyl (C=O) groups is 3. The lowest BCUT2D eigenvalue weighted by molar-refractivity contribution is -0.437. The topological polar surface area (TPSA) is 290 Å². The summed E-state index contributed by atoms with van der Waals surface area (Å²) in [6.07, 6.45) is 9.38. The summed E-state index contributed by atoms with van der Waals surface area (Å²) in [6.45, 7) is 5.68. The molecule has 23 heteroatoms. The Morgan fingerprint density at radius 2 is 1.32 bits per heavy atom. The van der Waals surface area contributed by atoms with Crippen molar-refractivity contribution in [2.45, 2.75) is 86.3 Å². The third-order valence-corrected chi connectivity index (χ3v) is 14.7. The van der Waals surface area contributed by atoms with E-state index in [0.29, 0.717) is 59.6 Å².